The number of carbonyl (C=O) groups excluding carboxylic acids is 1. The molecule has 1 N–H and O–H groups in total. The van der Waals surface area contributed by atoms with E-state index in [2.05, 4.69) is 16.4 Å². The Hall–Kier alpha value is -2.77. The molecule has 0 spiro atoms. The number of carbonyl (C=O) groups is 1. The molecule has 0 aliphatic carbocycles. The van der Waals surface area contributed by atoms with Crippen LogP contribution in [0, 0.1) is 24.0 Å². The van der Waals surface area contributed by atoms with Gasteiger partial charge in [-0.15, -0.1) is 11.3 Å². The van der Waals surface area contributed by atoms with Gasteiger partial charge in [-0.3, -0.25) is 20.2 Å². The summed E-state index contributed by atoms with van der Waals surface area (Å²) in [6.07, 6.45) is 0. The van der Waals surface area contributed by atoms with E-state index in [1.807, 2.05) is 31.4 Å². The summed E-state index contributed by atoms with van der Waals surface area (Å²) in [5, 5.41) is 15.9. The third kappa shape index (κ3) is 3.74. The van der Waals surface area contributed by atoms with Crippen molar-refractivity contribution in [2.24, 2.45) is 0 Å². The van der Waals surface area contributed by atoms with Crippen LogP contribution in [0.2, 0.25) is 5.02 Å². The minimum Gasteiger partial charge on any atom is -0.298 e. The van der Waals surface area contributed by atoms with Crippen LogP contribution in [0.4, 0.5) is 10.8 Å². The molecule has 1 amide bonds. The number of rotatable bonds is 4. The average Bonchev–Trinajstić information content (AvgIpc) is 3.03. The topological polar surface area (TPSA) is 85.1 Å². The molecular weight excluding hydrogens is 374 g/mol. The van der Waals surface area contributed by atoms with E-state index in [0.717, 1.165) is 22.9 Å². The Bertz CT molecular complexity index is 1020. The Labute approximate surface area is 158 Å². The van der Waals surface area contributed by atoms with Crippen molar-refractivity contribution >= 4 is 39.7 Å². The SMILES string of the molecule is Cc1ccc(-c2csc(NC(=O)c3ccc(Cl)c([N+](=O)[O-])c3)n2)c(C)c1. The molecule has 0 unspecified atom stereocenters. The quantitative estimate of drug-likeness (QED) is 0.490. The Kier molecular flexibility index (Phi) is 5.01. The van der Waals surface area contributed by atoms with Crippen LogP contribution in [-0.2, 0) is 0 Å². The molecule has 1 heterocycles. The summed E-state index contributed by atoms with van der Waals surface area (Å²) in [7, 11) is 0. The van der Waals surface area contributed by atoms with Gasteiger partial charge in [-0.1, -0.05) is 35.4 Å². The fourth-order valence-electron chi connectivity index (χ4n) is 2.52. The largest absolute Gasteiger partial charge is 0.298 e. The number of hydrogen-bond acceptors (Lipinski definition) is 5. The highest BCUT2D eigenvalue weighted by Gasteiger charge is 2.17. The summed E-state index contributed by atoms with van der Waals surface area (Å²) in [6, 6.07) is 9.98. The molecule has 0 aliphatic heterocycles. The van der Waals surface area contributed by atoms with Crippen molar-refractivity contribution in [3.63, 3.8) is 0 Å². The Morgan fingerprint density at radius 1 is 1.23 bits per heavy atom. The molecular formula is C18H14ClN3O3S. The molecule has 1 aromatic heterocycles. The van der Waals surface area contributed by atoms with Crippen molar-refractivity contribution in [1.29, 1.82) is 0 Å². The molecule has 0 radical (unpaired) electrons. The first kappa shape index (κ1) is 18.0. The fourth-order valence-corrected chi connectivity index (χ4v) is 3.41. The molecule has 3 rings (SSSR count). The van der Waals surface area contributed by atoms with Gasteiger partial charge in [0.1, 0.15) is 5.02 Å². The summed E-state index contributed by atoms with van der Waals surface area (Å²) in [6.45, 7) is 4.03. The summed E-state index contributed by atoms with van der Waals surface area (Å²) >= 11 is 7.06. The van der Waals surface area contributed by atoms with Crippen molar-refractivity contribution in [1.82, 2.24) is 4.98 Å². The zero-order valence-electron chi connectivity index (χ0n) is 13.9. The van der Waals surface area contributed by atoms with Crippen molar-refractivity contribution in [3.05, 3.63) is 73.6 Å². The highest BCUT2D eigenvalue weighted by Crippen LogP contribution is 2.29. The number of thiazole rings is 1. The van der Waals surface area contributed by atoms with Crippen LogP contribution in [0.25, 0.3) is 11.3 Å². The minimum atomic E-state index is -0.624. The standard InChI is InChI=1S/C18H14ClN3O3S/c1-10-3-5-13(11(2)7-10)15-9-26-18(20-15)21-17(23)12-4-6-14(19)16(8-12)22(24)25/h3-9H,1-2H3,(H,20,21,23). The van der Waals surface area contributed by atoms with E-state index in [0.29, 0.717) is 5.13 Å². The maximum atomic E-state index is 12.3. The molecule has 0 fully saturated rings. The average molecular weight is 388 g/mol. The Morgan fingerprint density at radius 2 is 2.00 bits per heavy atom. The number of amides is 1. The first-order valence-corrected chi connectivity index (χ1v) is 8.89. The lowest BCUT2D eigenvalue weighted by atomic mass is 10.0. The lowest BCUT2D eigenvalue weighted by Gasteiger charge is -2.04. The smallest absolute Gasteiger partial charge is 0.288 e. The summed E-state index contributed by atoms with van der Waals surface area (Å²) < 4.78 is 0. The van der Waals surface area contributed by atoms with Gasteiger partial charge in [0.15, 0.2) is 5.13 Å². The van der Waals surface area contributed by atoms with Crippen LogP contribution in [0.15, 0.2) is 41.8 Å². The number of halogens is 1. The van der Waals surface area contributed by atoms with Crippen LogP contribution in [0.3, 0.4) is 0 Å². The van der Waals surface area contributed by atoms with Crippen LogP contribution in [-0.4, -0.2) is 15.8 Å². The molecule has 0 bridgehead atoms. The molecule has 132 valence electrons. The number of aryl methyl sites for hydroxylation is 2. The third-order valence-corrected chi connectivity index (χ3v) is 4.86. The number of nitrogens with one attached hydrogen (secondary N) is 1. The van der Waals surface area contributed by atoms with E-state index in [1.54, 1.807) is 0 Å². The zero-order valence-corrected chi connectivity index (χ0v) is 15.5. The maximum absolute atomic E-state index is 12.3. The van der Waals surface area contributed by atoms with E-state index >= 15 is 0 Å². The van der Waals surface area contributed by atoms with Crippen molar-refractivity contribution in [2.75, 3.05) is 5.32 Å². The molecule has 6 nitrogen and oxygen atoms in total. The molecule has 3 aromatic rings. The minimum absolute atomic E-state index is 0.0158. The predicted molar refractivity (Wildman–Crippen MR) is 103 cm³/mol. The summed E-state index contributed by atoms with van der Waals surface area (Å²) in [5.41, 5.74) is 3.86. The number of nitrogens with zero attached hydrogens (tertiary/aromatic N) is 2. The van der Waals surface area contributed by atoms with Crippen molar-refractivity contribution in [3.8, 4) is 11.3 Å². The number of anilines is 1. The molecule has 0 saturated carbocycles. The van der Waals surface area contributed by atoms with Crippen LogP contribution < -0.4 is 5.32 Å². The van der Waals surface area contributed by atoms with Crippen LogP contribution in [0.5, 0.6) is 0 Å². The van der Waals surface area contributed by atoms with Gasteiger partial charge in [0.05, 0.1) is 10.6 Å². The first-order chi connectivity index (χ1) is 12.3. The Balaban J connectivity index is 1.82. The molecule has 8 heteroatoms. The van der Waals surface area contributed by atoms with Gasteiger partial charge in [0.2, 0.25) is 0 Å². The lowest BCUT2D eigenvalue weighted by Crippen LogP contribution is -2.12. The monoisotopic (exact) mass is 387 g/mol. The van der Waals surface area contributed by atoms with Crippen molar-refractivity contribution < 1.29 is 9.72 Å². The van der Waals surface area contributed by atoms with Gasteiger partial charge >= 0.3 is 0 Å². The van der Waals surface area contributed by atoms with E-state index in [9.17, 15) is 14.9 Å². The number of nitro benzene ring substituents is 1. The molecule has 2 aromatic carbocycles. The van der Waals surface area contributed by atoms with Gasteiger partial charge in [0.25, 0.3) is 11.6 Å². The highest BCUT2D eigenvalue weighted by atomic mass is 35.5. The first-order valence-electron chi connectivity index (χ1n) is 7.63. The van der Waals surface area contributed by atoms with Gasteiger partial charge < -0.3 is 0 Å². The van der Waals surface area contributed by atoms with Gasteiger partial charge in [-0.2, -0.15) is 0 Å². The summed E-state index contributed by atoms with van der Waals surface area (Å²) in [5.74, 6) is -0.480. The fraction of sp³-hybridized carbons (Fsp3) is 0.111. The van der Waals surface area contributed by atoms with E-state index in [1.165, 1.54) is 29.0 Å². The van der Waals surface area contributed by atoms with E-state index in [4.69, 9.17) is 11.6 Å². The second-order valence-corrected chi connectivity index (χ2v) is 7.00. The van der Waals surface area contributed by atoms with Gasteiger partial charge in [-0.25, -0.2) is 4.98 Å². The second kappa shape index (κ2) is 7.23. The number of aromatic nitrogens is 1. The van der Waals surface area contributed by atoms with Crippen LogP contribution >= 0.6 is 22.9 Å². The third-order valence-electron chi connectivity index (χ3n) is 3.79. The van der Waals surface area contributed by atoms with Crippen LogP contribution in [0.1, 0.15) is 21.5 Å². The molecule has 0 aliphatic rings. The van der Waals surface area contributed by atoms with Gasteiger partial charge in [-0.05, 0) is 31.5 Å². The van der Waals surface area contributed by atoms with E-state index < -0.39 is 10.8 Å². The lowest BCUT2D eigenvalue weighted by molar-refractivity contribution is -0.384. The number of benzene rings is 2. The summed E-state index contributed by atoms with van der Waals surface area (Å²) in [4.78, 5) is 27.1. The number of hydrogen-bond donors (Lipinski definition) is 1. The normalized spacial score (nSPS) is 10.6. The molecule has 26 heavy (non-hydrogen) atoms. The maximum Gasteiger partial charge on any atom is 0.288 e. The molecule has 0 saturated heterocycles. The zero-order chi connectivity index (χ0) is 18.8. The number of nitro groups is 1. The highest BCUT2D eigenvalue weighted by molar-refractivity contribution is 7.14. The predicted octanol–water partition coefficient (Wildman–Crippen LogP) is 5.24. The second-order valence-electron chi connectivity index (χ2n) is 5.73. The van der Waals surface area contributed by atoms with Crippen molar-refractivity contribution in [2.45, 2.75) is 13.8 Å². The van der Waals surface area contributed by atoms with Gasteiger partial charge in [0, 0.05) is 22.6 Å². The van der Waals surface area contributed by atoms with E-state index in [-0.39, 0.29) is 16.3 Å². The Morgan fingerprint density at radius 3 is 2.69 bits per heavy atom. The molecule has 0 atom stereocenters.